The maximum atomic E-state index is 11.3. The molecule has 1 aliphatic carbocycles. The van der Waals surface area contributed by atoms with Crippen LogP contribution in [0.2, 0.25) is 0 Å². The molecule has 2 heteroatoms. The molecule has 0 unspecified atom stereocenters. The fraction of sp³-hybridized carbons (Fsp3) is 0.417. The van der Waals surface area contributed by atoms with E-state index < -0.39 is 0 Å². The molecular formula is C12H17NO. The fourth-order valence-corrected chi connectivity index (χ4v) is 1.41. The Kier molecular flexibility index (Phi) is 4.76. The molecule has 1 amide bonds. The molecule has 1 aliphatic rings. The first-order chi connectivity index (χ1) is 6.83. The molecule has 0 saturated heterocycles. The van der Waals surface area contributed by atoms with E-state index in [1.54, 1.807) is 12.2 Å². The van der Waals surface area contributed by atoms with Crippen molar-refractivity contribution in [1.82, 2.24) is 5.32 Å². The Balaban J connectivity index is 2.36. The lowest BCUT2D eigenvalue weighted by atomic mass is 10.0. The Labute approximate surface area is 85.4 Å². The van der Waals surface area contributed by atoms with E-state index in [1.807, 2.05) is 19.1 Å². The minimum atomic E-state index is -0.0312. The summed E-state index contributed by atoms with van der Waals surface area (Å²) in [6, 6.07) is 0. The molecule has 0 aromatic carbocycles. The lowest BCUT2D eigenvalue weighted by Gasteiger charge is -2.12. The number of carbonyl (C=O) groups excluding carboxylic acids is 1. The number of rotatable bonds is 3. The second kappa shape index (κ2) is 6.19. The molecule has 76 valence electrons. The zero-order valence-electron chi connectivity index (χ0n) is 8.62. The Bertz CT molecular complexity index is 274. The van der Waals surface area contributed by atoms with E-state index in [1.165, 1.54) is 12.8 Å². The van der Waals surface area contributed by atoms with E-state index in [4.69, 9.17) is 0 Å². The van der Waals surface area contributed by atoms with Crippen molar-refractivity contribution in [3.8, 4) is 0 Å². The monoisotopic (exact) mass is 191 g/mol. The van der Waals surface area contributed by atoms with E-state index in [2.05, 4.69) is 11.4 Å². The van der Waals surface area contributed by atoms with Gasteiger partial charge in [0.1, 0.15) is 0 Å². The Morgan fingerprint density at radius 2 is 2.29 bits per heavy atom. The molecule has 0 aromatic rings. The molecule has 0 atom stereocenters. The summed E-state index contributed by atoms with van der Waals surface area (Å²) in [6.07, 6.45) is 13.7. The van der Waals surface area contributed by atoms with E-state index in [-0.39, 0.29) is 5.91 Å². The number of carbonyl (C=O) groups is 1. The molecule has 0 aromatic heterocycles. The molecule has 0 heterocycles. The topological polar surface area (TPSA) is 29.1 Å². The van der Waals surface area contributed by atoms with Gasteiger partial charge in [-0.1, -0.05) is 24.3 Å². The van der Waals surface area contributed by atoms with Crippen molar-refractivity contribution < 1.29 is 4.79 Å². The van der Waals surface area contributed by atoms with E-state index in [0.717, 1.165) is 18.5 Å². The molecule has 1 N–H and O–H groups in total. The lowest BCUT2D eigenvalue weighted by Crippen LogP contribution is -2.21. The van der Waals surface area contributed by atoms with Gasteiger partial charge in [-0.2, -0.15) is 0 Å². The Hall–Kier alpha value is -1.31. The van der Waals surface area contributed by atoms with Crippen LogP contribution < -0.4 is 5.32 Å². The van der Waals surface area contributed by atoms with Crippen molar-refractivity contribution in [2.75, 3.05) is 0 Å². The van der Waals surface area contributed by atoms with Crippen molar-refractivity contribution in [2.24, 2.45) is 0 Å². The number of nitrogens with one attached hydrogen (secondary N) is 1. The standard InChI is InChI=1S/C12H17NO/c1-2-3-5-10-12(14)13-11-8-6-4-7-9-11/h2-3,5,8,10H,4,6-7,9H2,1H3,(H,13,14)/b3-2+,10-5+. The molecule has 0 fully saturated rings. The predicted octanol–water partition coefficient (Wildman–Crippen LogP) is 2.69. The zero-order chi connectivity index (χ0) is 10.2. The average molecular weight is 191 g/mol. The molecule has 0 aliphatic heterocycles. The Morgan fingerprint density at radius 1 is 1.43 bits per heavy atom. The highest BCUT2D eigenvalue weighted by atomic mass is 16.1. The highest BCUT2D eigenvalue weighted by molar-refractivity contribution is 5.89. The molecule has 0 spiro atoms. The van der Waals surface area contributed by atoms with Gasteiger partial charge in [-0.3, -0.25) is 4.79 Å². The first-order valence-corrected chi connectivity index (χ1v) is 5.12. The third-order valence-corrected chi connectivity index (χ3v) is 2.13. The van der Waals surface area contributed by atoms with E-state index >= 15 is 0 Å². The second-order valence-corrected chi connectivity index (χ2v) is 3.35. The summed E-state index contributed by atoms with van der Waals surface area (Å²) in [5, 5.41) is 2.88. The van der Waals surface area contributed by atoms with Gasteiger partial charge in [0.15, 0.2) is 0 Å². The summed E-state index contributed by atoms with van der Waals surface area (Å²) in [6.45, 7) is 1.92. The summed E-state index contributed by atoms with van der Waals surface area (Å²) in [5.41, 5.74) is 1.08. The van der Waals surface area contributed by atoms with Gasteiger partial charge in [-0.05, 0) is 32.6 Å². The SMILES string of the molecule is C/C=C/C=C/C(=O)NC1=CCCCC1. The second-order valence-electron chi connectivity index (χ2n) is 3.35. The van der Waals surface area contributed by atoms with Crippen LogP contribution >= 0.6 is 0 Å². The van der Waals surface area contributed by atoms with Crippen LogP contribution in [0.1, 0.15) is 32.6 Å². The summed E-state index contributed by atoms with van der Waals surface area (Å²) in [4.78, 5) is 11.3. The average Bonchev–Trinajstić information content (AvgIpc) is 2.20. The van der Waals surface area contributed by atoms with Crippen LogP contribution in [0, 0.1) is 0 Å². The van der Waals surface area contributed by atoms with Crippen molar-refractivity contribution in [3.05, 3.63) is 36.1 Å². The molecule has 2 nitrogen and oxygen atoms in total. The van der Waals surface area contributed by atoms with Crippen LogP contribution in [-0.4, -0.2) is 5.91 Å². The van der Waals surface area contributed by atoms with E-state index in [9.17, 15) is 4.79 Å². The summed E-state index contributed by atoms with van der Waals surface area (Å²) >= 11 is 0. The van der Waals surface area contributed by atoms with Gasteiger partial charge in [-0.15, -0.1) is 0 Å². The third kappa shape index (κ3) is 4.08. The lowest BCUT2D eigenvalue weighted by molar-refractivity contribution is -0.115. The first-order valence-electron chi connectivity index (χ1n) is 5.12. The van der Waals surface area contributed by atoms with Crippen molar-refractivity contribution in [3.63, 3.8) is 0 Å². The largest absolute Gasteiger partial charge is 0.327 e. The summed E-state index contributed by atoms with van der Waals surface area (Å²) in [7, 11) is 0. The normalized spacial score (nSPS) is 17.4. The highest BCUT2D eigenvalue weighted by Crippen LogP contribution is 2.14. The highest BCUT2D eigenvalue weighted by Gasteiger charge is 2.04. The van der Waals surface area contributed by atoms with Gasteiger partial charge in [0.05, 0.1) is 0 Å². The van der Waals surface area contributed by atoms with Crippen molar-refractivity contribution in [2.45, 2.75) is 32.6 Å². The van der Waals surface area contributed by atoms with Gasteiger partial charge in [0.2, 0.25) is 5.91 Å². The van der Waals surface area contributed by atoms with Gasteiger partial charge in [-0.25, -0.2) is 0 Å². The van der Waals surface area contributed by atoms with E-state index in [0.29, 0.717) is 0 Å². The summed E-state index contributed by atoms with van der Waals surface area (Å²) < 4.78 is 0. The third-order valence-electron chi connectivity index (χ3n) is 2.13. The number of hydrogen-bond donors (Lipinski definition) is 1. The quantitative estimate of drug-likeness (QED) is 0.539. The minimum absolute atomic E-state index is 0.0312. The maximum Gasteiger partial charge on any atom is 0.248 e. The molecule has 0 radical (unpaired) electrons. The van der Waals surface area contributed by atoms with Crippen LogP contribution in [0.5, 0.6) is 0 Å². The fourth-order valence-electron chi connectivity index (χ4n) is 1.41. The van der Waals surface area contributed by atoms with Crippen molar-refractivity contribution in [1.29, 1.82) is 0 Å². The van der Waals surface area contributed by atoms with Crippen molar-refractivity contribution >= 4 is 5.91 Å². The predicted molar refractivity (Wildman–Crippen MR) is 58.6 cm³/mol. The van der Waals surface area contributed by atoms with Crippen LogP contribution in [0.4, 0.5) is 0 Å². The molecular weight excluding hydrogens is 174 g/mol. The van der Waals surface area contributed by atoms with Gasteiger partial charge >= 0.3 is 0 Å². The molecule has 0 saturated carbocycles. The van der Waals surface area contributed by atoms with Crippen LogP contribution in [0.3, 0.4) is 0 Å². The number of amides is 1. The molecule has 0 bridgehead atoms. The van der Waals surface area contributed by atoms with Gasteiger partial charge < -0.3 is 5.32 Å². The van der Waals surface area contributed by atoms with Crippen LogP contribution in [0.25, 0.3) is 0 Å². The Morgan fingerprint density at radius 3 is 2.93 bits per heavy atom. The minimum Gasteiger partial charge on any atom is -0.327 e. The van der Waals surface area contributed by atoms with Gasteiger partial charge in [0.25, 0.3) is 0 Å². The molecule has 14 heavy (non-hydrogen) atoms. The smallest absolute Gasteiger partial charge is 0.248 e. The summed E-state index contributed by atoms with van der Waals surface area (Å²) in [5.74, 6) is -0.0312. The first kappa shape index (κ1) is 10.8. The maximum absolute atomic E-state index is 11.3. The molecule has 1 rings (SSSR count). The number of hydrogen-bond acceptors (Lipinski definition) is 1. The number of allylic oxidation sites excluding steroid dienone is 5. The van der Waals surface area contributed by atoms with Crippen LogP contribution in [0.15, 0.2) is 36.1 Å². The van der Waals surface area contributed by atoms with Crippen LogP contribution in [-0.2, 0) is 4.79 Å². The van der Waals surface area contributed by atoms with Gasteiger partial charge in [0, 0.05) is 11.8 Å². The zero-order valence-corrected chi connectivity index (χ0v) is 8.62.